The first-order valence-corrected chi connectivity index (χ1v) is 15.2. The lowest BCUT2D eigenvalue weighted by atomic mass is 9.79. The second kappa shape index (κ2) is 12.1. The van der Waals surface area contributed by atoms with E-state index in [4.69, 9.17) is 4.98 Å². The number of aromatic nitrogens is 2. The van der Waals surface area contributed by atoms with Gasteiger partial charge in [0.2, 0.25) is 0 Å². The normalized spacial score (nSPS) is 23.1. The number of fused-ring (bicyclic) bond motifs is 1. The van der Waals surface area contributed by atoms with Gasteiger partial charge in [0.15, 0.2) is 0 Å². The quantitative estimate of drug-likeness (QED) is 0.450. The molecule has 0 saturated carbocycles. The Hall–Kier alpha value is -2.58. The maximum Gasteiger partial charge on any atom is 0.261 e. The molecule has 2 fully saturated rings. The van der Waals surface area contributed by atoms with Crippen molar-refractivity contribution >= 4 is 10.9 Å². The smallest absolute Gasteiger partial charge is 0.261 e. The molecule has 3 aromatic rings. The highest BCUT2D eigenvalue weighted by molar-refractivity contribution is 5.78. The zero-order valence-corrected chi connectivity index (χ0v) is 25.4. The van der Waals surface area contributed by atoms with E-state index in [-0.39, 0.29) is 17.1 Å². The molecule has 0 radical (unpaired) electrons. The number of hydrogen-bond donors (Lipinski definition) is 1. The summed E-state index contributed by atoms with van der Waals surface area (Å²) >= 11 is 0. The van der Waals surface area contributed by atoms with E-state index >= 15 is 0 Å². The molecule has 5 rings (SSSR count). The van der Waals surface area contributed by atoms with Crippen LogP contribution in [0.3, 0.4) is 0 Å². The highest BCUT2D eigenvalue weighted by Crippen LogP contribution is 2.37. The van der Waals surface area contributed by atoms with E-state index in [9.17, 15) is 4.79 Å². The van der Waals surface area contributed by atoms with Crippen LogP contribution in [0.15, 0.2) is 53.3 Å². The lowest BCUT2D eigenvalue weighted by Crippen LogP contribution is -2.55. The Morgan fingerprint density at radius 2 is 1.73 bits per heavy atom. The van der Waals surface area contributed by atoms with Gasteiger partial charge in [0.1, 0.15) is 5.82 Å². The molecule has 0 amide bonds. The molecule has 1 N–H and O–H groups in total. The molecule has 3 atom stereocenters. The van der Waals surface area contributed by atoms with Crippen LogP contribution < -0.4 is 10.9 Å². The van der Waals surface area contributed by atoms with Crippen LogP contribution in [0, 0.1) is 0 Å². The van der Waals surface area contributed by atoms with Gasteiger partial charge in [-0.1, -0.05) is 49.7 Å². The molecule has 0 aliphatic carbocycles. The number of likely N-dealkylation sites (tertiary alicyclic amines) is 1. The predicted molar refractivity (Wildman–Crippen MR) is 165 cm³/mol. The molecule has 40 heavy (non-hydrogen) atoms. The van der Waals surface area contributed by atoms with Crippen molar-refractivity contribution in [3.8, 4) is 0 Å². The molecule has 216 valence electrons. The van der Waals surface area contributed by atoms with Gasteiger partial charge in [-0.2, -0.15) is 0 Å². The lowest BCUT2D eigenvalue weighted by Gasteiger charge is -2.46. The predicted octanol–water partition coefficient (Wildman–Crippen LogP) is 4.51. The standard InChI is InChI=1S/C33H48N6O/c1-7-11-30(39-21-24(2)34-25(3)22-39)31-35-29-15-14-26(20-28(29)32(40)37(31)6)23-38-18-16-33(17-19-38,36(4)5)27-12-9-8-10-13-27/h8-10,12-15,20,24-25,30,34H,7,11,16-19,21-23H2,1-6H3. The Morgan fingerprint density at radius 3 is 2.35 bits per heavy atom. The molecule has 3 heterocycles. The second-order valence-corrected chi connectivity index (χ2v) is 12.5. The second-order valence-electron chi connectivity index (χ2n) is 12.5. The summed E-state index contributed by atoms with van der Waals surface area (Å²) in [5.74, 6) is 0.894. The number of rotatable bonds is 8. The van der Waals surface area contributed by atoms with Crippen LogP contribution in [-0.2, 0) is 19.1 Å². The van der Waals surface area contributed by atoms with Gasteiger partial charge in [-0.3, -0.25) is 24.1 Å². The minimum Gasteiger partial charge on any atom is -0.309 e. The fourth-order valence-electron chi connectivity index (χ4n) is 7.19. The minimum atomic E-state index is 0.0635. The summed E-state index contributed by atoms with van der Waals surface area (Å²) in [4.78, 5) is 26.3. The van der Waals surface area contributed by atoms with Gasteiger partial charge >= 0.3 is 0 Å². The third-order valence-electron chi connectivity index (χ3n) is 9.32. The van der Waals surface area contributed by atoms with Gasteiger partial charge < -0.3 is 5.32 Å². The van der Waals surface area contributed by atoms with E-state index in [1.54, 1.807) is 0 Å². The summed E-state index contributed by atoms with van der Waals surface area (Å²) in [6.07, 6.45) is 4.23. The maximum atomic E-state index is 13.7. The first kappa shape index (κ1) is 28.9. The number of hydrogen-bond acceptors (Lipinski definition) is 6. The summed E-state index contributed by atoms with van der Waals surface area (Å²) < 4.78 is 1.82. The zero-order valence-electron chi connectivity index (χ0n) is 25.4. The third kappa shape index (κ3) is 5.75. The minimum absolute atomic E-state index is 0.0635. The molecule has 3 unspecified atom stereocenters. The average Bonchev–Trinajstić information content (AvgIpc) is 2.94. The Labute approximate surface area is 240 Å². The van der Waals surface area contributed by atoms with E-state index in [0.717, 1.165) is 75.1 Å². The highest BCUT2D eigenvalue weighted by atomic mass is 16.1. The van der Waals surface area contributed by atoms with E-state index in [0.29, 0.717) is 12.1 Å². The Balaban J connectivity index is 1.36. The summed E-state index contributed by atoms with van der Waals surface area (Å²) in [5.41, 5.74) is 3.54. The van der Waals surface area contributed by atoms with E-state index in [1.807, 2.05) is 11.6 Å². The van der Waals surface area contributed by atoms with E-state index in [2.05, 4.69) is 103 Å². The van der Waals surface area contributed by atoms with Gasteiger partial charge in [-0.05, 0) is 70.5 Å². The molecule has 1 aromatic heterocycles. The SMILES string of the molecule is CCCC(c1nc2ccc(CN3CCC(c4ccccc4)(N(C)C)CC3)cc2c(=O)n1C)N1CC(C)NC(C)C1. The summed E-state index contributed by atoms with van der Waals surface area (Å²) in [5, 5.41) is 4.36. The first-order valence-electron chi connectivity index (χ1n) is 15.2. The van der Waals surface area contributed by atoms with Crippen LogP contribution in [-0.4, -0.2) is 76.6 Å². The maximum absolute atomic E-state index is 13.7. The van der Waals surface area contributed by atoms with Crippen molar-refractivity contribution < 1.29 is 0 Å². The van der Waals surface area contributed by atoms with Crippen LogP contribution in [0.1, 0.15) is 69.4 Å². The summed E-state index contributed by atoms with van der Waals surface area (Å²) in [6, 6.07) is 18.3. The molecular weight excluding hydrogens is 496 g/mol. The number of benzene rings is 2. The molecule has 0 bridgehead atoms. The molecule has 2 saturated heterocycles. The zero-order chi connectivity index (χ0) is 28.4. The van der Waals surface area contributed by atoms with Crippen LogP contribution in [0.5, 0.6) is 0 Å². The van der Waals surface area contributed by atoms with Crippen LogP contribution >= 0.6 is 0 Å². The van der Waals surface area contributed by atoms with Gasteiger partial charge in [-0.15, -0.1) is 0 Å². The van der Waals surface area contributed by atoms with E-state index in [1.165, 1.54) is 11.1 Å². The Morgan fingerprint density at radius 1 is 1.05 bits per heavy atom. The first-order chi connectivity index (χ1) is 19.2. The van der Waals surface area contributed by atoms with E-state index < -0.39 is 0 Å². The van der Waals surface area contributed by atoms with Crippen molar-refractivity contribution in [1.29, 1.82) is 0 Å². The molecule has 0 spiro atoms. The van der Waals surface area contributed by atoms with Crippen molar-refractivity contribution in [2.75, 3.05) is 40.3 Å². The topological polar surface area (TPSA) is 56.6 Å². The van der Waals surface area contributed by atoms with Gasteiger partial charge in [0.05, 0.1) is 16.9 Å². The highest BCUT2D eigenvalue weighted by Gasteiger charge is 2.38. The van der Waals surface area contributed by atoms with Gasteiger partial charge in [-0.25, -0.2) is 4.98 Å². The van der Waals surface area contributed by atoms with Crippen LogP contribution in [0.25, 0.3) is 10.9 Å². The van der Waals surface area contributed by atoms with Crippen LogP contribution in [0.2, 0.25) is 0 Å². The third-order valence-corrected chi connectivity index (χ3v) is 9.32. The number of piperidine rings is 1. The fourth-order valence-corrected chi connectivity index (χ4v) is 7.19. The molecule has 7 heteroatoms. The monoisotopic (exact) mass is 544 g/mol. The molecule has 7 nitrogen and oxygen atoms in total. The fraction of sp³-hybridized carbons (Fsp3) is 0.576. The molecule has 2 aliphatic rings. The Bertz CT molecular complexity index is 1330. The number of nitrogens with one attached hydrogen (secondary N) is 1. The Kier molecular flexibility index (Phi) is 8.76. The van der Waals surface area contributed by atoms with Gasteiger partial charge in [0, 0.05) is 57.4 Å². The van der Waals surface area contributed by atoms with Gasteiger partial charge in [0.25, 0.3) is 5.56 Å². The lowest BCUT2D eigenvalue weighted by molar-refractivity contribution is 0.0507. The molecular formula is C33H48N6O. The molecule has 2 aliphatic heterocycles. The van der Waals surface area contributed by atoms with Crippen molar-refractivity contribution in [3.05, 3.63) is 75.8 Å². The van der Waals surface area contributed by atoms with Crippen molar-refractivity contribution in [3.63, 3.8) is 0 Å². The summed E-state index contributed by atoms with van der Waals surface area (Å²) in [7, 11) is 6.32. The molecule has 2 aromatic carbocycles. The van der Waals surface area contributed by atoms with Crippen molar-refractivity contribution in [2.45, 2.75) is 76.7 Å². The average molecular weight is 545 g/mol. The number of nitrogens with zero attached hydrogens (tertiary/aromatic N) is 5. The van der Waals surface area contributed by atoms with Crippen molar-refractivity contribution in [1.82, 2.24) is 29.6 Å². The number of piperazine rings is 1. The largest absolute Gasteiger partial charge is 0.309 e. The van der Waals surface area contributed by atoms with Crippen LogP contribution in [0.4, 0.5) is 0 Å². The summed E-state index contributed by atoms with van der Waals surface area (Å²) in [6.45, 7) is 11.6. The van der Waals surface area contributed by atoms with Crippen molar-refractivity contribution in [2.24, 2.45) is 7.05 Å².